The largest absolute Gasteiger partial charge is 0.493 e. The van der Waals surface area contributed by atoms with Gasteiger partial charge in [0.05, 0.1) is 19.1 Å². The van der Waals surface area contributed by atoms with Crippen molar-refractivity contribution in [2.75, 3.05) is 11.9 Å². The predicted molar refractivity (Wildman–Crippen MR) is 166 cm³/mol. The highest BCUT2D eigenvalue weighted by Gasteiger charge is 2.20. The number of para-hydroxylation sites is 3. The minimum absolute atomic E-state index is 0.201. The number of halogens is 1. The molecule has 0 saturated carbocycles. The maximum Gasteiger partial charge on any atom is 0.305 e. The van der Waals surface area contributed by atoms with Gasteiger partial charge >= 0.3 is 5.97 Å². The van der Waals surface area contributed by atoms with Crippen LogP contribution < -0.4 is 10.1 Å². The van der Waals surface area contributed by atoms with Crippen LogP contribution in [0.25, 0.3) is 21.8 Å². The molecule has 1 heterocycles. The Kier molecular flexibility index (Phi) is 7.87. The summed E-state index contributed by atoms with van der Waals surface area (Å²) in [5.74, 6) is -1.02. The van der Waals surface area contributed by atoms with Gasteiger partial charge in [0.2, 0.25) is 0 Å². The fourth-order valence-corrected chi connectivity index (χ4v) is 5.40. The molecule has 0 aliphatic rings. The lowest BCUT2D eigenvalue weighted by atomic mass is 9.99. The van der Waals surface area contributed by atoms with E-state index in [1.165, 1.54) is 40.6 Å². The van der Waals surface area contributed by atoms with Crippen LogP contribution in [0.3, 0.4) is 0 Å². The van der Waals surface area contributed by atoms with Gasteiger partial charge in [-0.3, -0.25) is 9.59 Å². The second-order valence-electron chi connectivity index (χ2n) is 10.4. The van der Waals surface area contributed by atoms with Crippen LogP contribution in [0.4, 0.5) is 10.1 Å². The number of anilines is 1. The van der Waals surface area contributed by atoms with E-state index in [4.69, 9.17) is 4.74 Å². The van der Waals surface area contributed by atoms with Crippen LogP contribution in [-0.4, -0.2) is 28.4 Å². The monoisotopic (exact) mass is 572 g/mol. The number of aliphatic carboxylic acids is 1. The molecular weight excluding hydrogens is 543 g/mol. The Hall–Kier alpha value is -5.43. The number of aromatic nitrogens is 1. The lowest BCUT2D eigenvalue weighted by Crippen LogP contribution is -2.17. The van der Waals surface area contributed by atoms with Crippen LogP contribution in [0, 0.1) is 5.82 Å². The summed E-state index contributed by atoms with van der Waals surface area (Å²) in [6.07, 6.45) is 0.516. The molecule has 1 unspecified atom stereocenters. The molecule has 0 aliphatic heterocycles. The molecular formula is C36H29FN2O4. The molecule has 0 spiro atoms. The first-order chi connectivity index (χ1) is 21.0. The summed E-state index contributed by atoms with van der Waals surface area (Å²) < 4.78 is 19.4. The molecule has 7 heteroatoms. The zero-order valence-corrected chi connectivity index (χ0v) is 23.2. The normalized spacial score (nSPS) is 11.8. The van der Waals surface area contributed by atoms with Crippen molar-refractivity contribution in [2.45, 2.75) is 18.9 Å². The Labute approximate surface area is 247 Å². The molecule has 1 atom stereocenters. The highest BCUT2D eigenvalue weighted by molar-refractivity contribution is 6.12. The number of rotatable bonds is 11. The molecule has 3 N–H and O–H groups in total. The van der Waals surface area contributed by atoms with Crippen LogP contribution >= 0.6 is 0 Å². The molecule has 0 radical (unpaired) electrons. The highest BCUT2D eigenvalue weighted by Crippen LogP contribution is 2.30. The van der Waals surface area contributed by atoms with Crippen LogP contribution in [0.15, 0.2) is 115 Å². The van der Waals surface area contributed by atoms with Gasteiger partial charge in [0, 0.05) is 45.0 Å². The molecule has 0 amide bonds. The van der Waals surface area contributed by atoms with Crippen LogP contribution in [0.2, 0.25) is 0 Å². The number of nitrogens with one attached hydrogen (secondary N) is 2. The van der Waals surface area contributed by atoms with Gasteiger partial charge in [-0.25, -0.2) is 4.39 Å². The number of ketones is 1. The Balaban J connectivity index is 1.16. The number of fused-ring (bicyclic) bond motifs is 3. The summed E-state index contributed by atoms with van der Waals surface area (Å²) in [7, 11) is 0. The first kappa shape index (κ1) is 27.7. The molecule has 214 valence electrons. The molecule has 6 nitrogen and oxygen atoms in total. The lowest BCUT2D eigenvalue weighted by molar-refractivity contribution is -0.137. The van der Waals surface area contributed by atoms with Crippen molar-refractivity contribution < 1.29 is 23.8 Å². The van der Waals surface area contributed by atoms with Gasteiger partial charge in [0.15, 0.2) is 5.78 Å². The molecule has 43 heavy (non-hydrogen) atoms. The zero-order chi connectivity index (χ0) is 29.8. The fraction of sp³-hybridized carbons (Fsp3) is 0.111. The zero-order valence-electron chi connectivity index (χ0n) is 23.2. The summed E-state index contributed by atoms with van der Waals surface area (Å²) in [5, 5.41) is 15.3. The number of ether oxygens (including phenoxy) is 1. The van der Waals surface area contributed by atoms with Gasteiger partial charge in [0.25, 0.3) is 0 Å². The first-order valence-electron chi connectivity index (χ1n) is 14.0. The van der Waals surface area contributed by atoms with Gasteiger partial charge in [0.1, 0.15) is 11.6 Å². The van der Waals surface area contributed by atoms with Gasteiger partial charge in [-0.05, 0) is 65.7 Å². The van der Waals surface area contributed by atoms with Crippen LogP contribution in [0.5, 0.6) is 5.75 Å². The summed E-state index contributed by atoms with van der Waals surface area (Å²) in [5.41, 5.74) is 5.33. The first-order valence-corrected chi connectivity index (χ1v) is 14.0. The smallest absolute Gasteiger partial charge is 0.305 e. The Morgan fingerprint density at radius 2 is 1.53 bits per heavy atom. The van der Waals surface area contributed by atoms with Gasteiger partial charge in [-0.2, -0.15) is 0 Å². The SMILES string of the molecule is O=C(O)CC(Nc1ccccc1C(=O)c1ccc(F)cc1)c1ccc(OCCc2cccc3c2[nH]c2ccccc23)cc1. The van der Waals surface area contributed by atoms with E-state index in [0.29, 0.717) is 35.6 Å². The highest BCUT2D eigenvalue weighted by atomic mass is 19.1. The van der Waals surface area contributed by atoms with Crippen molar-refractivity contribution in [1.82, 2.24) is 4.98 Å². The number of hydrogen-bond acceptors (Lipinski definition) is 4. The van der Waals surface area contributed by atoms with E-state index < -0.39 is 17.8 Å². The molecule has 5 aromatic carbocycles. The quantitative estimate of drug-likeness (QED) is 0.137. The third-order valence-electron chi connectivity index (χ3n) is 7.54. The second-order valence-corrected chi connectivity index (χ2v) is 10.4. The molecule has 0 bridgehead atoms. The Morgan fingerprint density at radius 1 is 0.814 bits per heavy atom. The van der Waals surface area contributed by atoms with Gasteiger partial charge in [-0.15, -0.1) is 0 Å². The van der Waals surface area contributed by atoms with E-state index in [2.05, 4.69) is 40.6 Å². The van der Waals surface area contributed by atoms with Crippen molar-refractivity contribution in [3.05, 3.63) is 143 Å². The average Bonchev–Trinajstić information content (AvgIpc) is 3.41. The Bertz CT molecular complexity index is 1910. The van der Waals surface area contributed by atoms with Gasteiger partial charge < -0.3 is 20.1 Å². The van der Waals surface area contributed by atoms with E-state index in [9.17, 15) is 19.1 Å². The number of carboxylic acids is 1. The van der Waals surface area contributed by atoms with Crippen molar-refractivity contribution in [3.63, 3.8) is 0 Å². The number of carboxylic acid groups (broad SMARTS) is 1. The van der Waals surface area contributed by atoms with E-state index in [0.717, 1.165) is 16.6 Å². The topological polar surface area (TPSA) is 91.4 Å². The molecule has 6 aromatic rings. The third kappa shape index (κ3) is 6.11. The lowest BCUT2D eigenvalue weighted by Gasteiger charge is -2.21. The maximum absolute atomic E-state index is 13.4. The summed E-state index contributed by atoms with van der Waals surface area (Å²) in [4.78, 5) is 28.5. The standard InChI is InChI=1S/C36H29FN2O4/c37-26-16-12-25(13-17-26)36(42)30-8-2-4-11-32(30)38-33(22-34(40)41)23-14-18-27(19-15-23)43-21-20-24-6-5-9-29-28-7-1-3-10-31(28)39-35(24)29/h1-19,33,38-39H,20-22H2,(H,40,41). The summed E-state index contributed by atoms with van der Waals surface area (Å²) in [6.45, 7) is 0.476. The van der Waals surface area contributed by atoms with E-state index in [-0.39, 0.29) is 12.2 Å². The van der Waals surface area contributed by atoms with Crippen molar-refractivity contribution in [1.29, 1.82) is 0 Å². The molecule has 0 fully saturated rings. The van der Waals surface area contributed by atoms with Crippen LogP contribution in [0.1, 0.15) is 39.5 Å². The molecule has 0 aliphatic carbocycles. The minimum atomic E-state index is -0.980. The van der Waals surface area contributed by atoms with E-state index >= 15 is 0 Å². The number of benzene rings is 5. The average molecular weight is 573 g/mol. The predicted octanol–water partition coefficient (Wildman–Crippen LogP) is 7.94. The summed E-state index contributed by atoms with van der Waals surface area (Å²) >= 11 is 0. The summed E-state index contributed by atoms with van der Waals surface area (Å²) in [6, 6.07) is 33.5. The molecule has 6 rings (SSSR count). The third-order valence-corrected chi connectivity index (χ3v) is 7.54. The van der Waals surface area contributed by atoms with Crippen molar-refractivity contribution in [3.8, 4) is 5.75 Å². The van der Waals surface area contributed by atoms with Gasteiger partial charge in [-0.1, -0.05) is 60.7 Å². The molecule has 0 saturated heterocycles. The number of hydrogen-bond donors (Lipinski definition) is 3. The Morgan fingerprint density at radius 3 is 2.33 bits per heavy atom. The van der Waals surface area contributed by atoms with E-state index in [1.54, 1.807) is 24.3 Å². The molecule has 1 aromatic heterocycles. The fourth-order valence-electron chi connectivity index (χ4n) is 5.40. The maximum atomic E-state index is 13.4. The van der Waals surface area contributed by atoms with Crippen molar-refractivity contribution >= 4 is 39.2 Å². The van der Waals surface area contributed by atoms with E-state index in [1.807, 2.05) is 36.4 Å². The number of carbonyl (C=O) groups is 2. The second kappa shape index (κ2) is 12.2. The number of aromatic amines is 1. The van der Waals surface area contributed by atoms with Crippen LogP contribution in [-0.2, 0) is 11.2 Å². The minimum Gasteiger partial charge on any atom is -0.493 e. The number of carbonyl (C=O) groups excluding carboxylic acids is 1. The van der Waals surface area contributed by atoms with Crippen molar-refractivity contribution in [2.24, 2.45) is 0 Å². The number of H-pyrrole nitrogens is 1.